The average molecular weight is 395 g/mol. The van der Waals surface area contributed by atoms with Crippen molar-refractivity contribution < 1.29 is 4.79 Å². The van der Waals surface area contributed by atoms with Crippen LogP contribution in [0, 0.1) is 0 Å². The molecule has 0 radical (unpaired) electrons. The van der Waals surface area contributed by atoms with Crippen LogP contribution in [0.15, 0.2) is 64.3 Å². The van der Waals surface area contributed by atoms with E-state index in [-0.39, 0.29) is 11.8 Å². The fourth-order valence-electron chi connectivity index (χ4n) is 3.63. The van der Waals surface area contributed by atoms with Crippen LogP contribution in [-0.4, -0.2) is 20.5 Å². The van der Waals surface area contributed by atoms with Crippen LogP contribution in [0.25, 0.3) is 0 Å². The van der Waals surface area contributed by atoms with Gasteiger partial charge in [-0.1, -0.05) is 48.2 Å². The van der Waals surface area contributed by atoms with E-state index in [9.17, 15) is 4.79 Å². The van der Waals surface area contributed by atoms with E-state index in [0.29, 0.717) is 6.42 Å². The maximum atomic E-state index is 12.7. The van der Waals surface area contributed by atoms with Gasteiger partial charge in [0.25, 0.3) is 0 Å². The molecule has 0 amide bonds. The van der Waals surface area contributed by atoms with E-state index in [4.69, 9.17) is 10.1 Å². The van der Waals surface area contributed by atoms with Crippen LogP contribution in [0.1, 0.15) is 35.7 Å². The van der Waals surface area contributed by atoms with Crippen LogP contribution in [-0.2, 0) is 10.5 Å². The second-order valence-electron chi connectivity index (χ2n) is 6.65. The maximum absolute atomic E-state index is 12.7. The summed E-state index contributed by atoms with van der Waals surface area (Å²) in [5.74, 6) is 1.78. The van der Waals surface area contributed by atoms with E-state index >= 15 is 0 Å². The average Bonchev–Trinajstić information content (AvgIpc) is 3.35. The Hall–Kier alpha value is -2.38. The number of nitrogens with one attached hydrogen (secondary N) is 1. The minimum atomic E-state index is -0.164. The number of aromatic nitrogens is 3. The van der Waals surface area contributed by atoms with Crippen molar-refractivity contribution in [2.45, 2.75) is 36.2 Å². The molecule has 0 unspecified atom stereocenters. The number of hydrogen-bond acceptors (Lipinski definition) is 6. The summed E-state index contributed by atoms with van der Waals surface area (Å²) in [4.78, 5) is 18.5. The highest BCUT2D eigenvalue weighted by Gasteiger charge is 2.37. The highest BCUT2D eigenvalue weighted by atomic mass is 32.2. The maximum Gasteiger partial charge on any atom is 0.227 e. The number of allylic oxidation sites excluding steroid dienone is 2. The van der Waals surface area contributed by atoms with Crippen LogP contribution >= 0.6 is 23.1 Å². The Bertz CT molecular complexity index is 1010. The SMILES string of the molecule is O=C1CCCC2=C1[C@H](c1cccs1)n1nc(SCc3ccccc3)nc1N2. The second-order valence-corrected chi connectivity index (χ2v) is 8.57. The molecule has 0 saturated carbocycles. The van der Waals surface area contributed by atoms with Crippen LogP contribution in [0.3, 0.4) is 0 Å². The monoisotopic (exact) mass is 394 g/mol. The summed E-state index contributed by atoms with van der Waals surface area (Å²) in [6.45, 7) is 0. The number of nitrogens with zero attached hydrogens (tertiary/aromatic N) is 3. The van der Waals surface area contributed by atoms with Crippen LogP contribution in [0.4, 0.5) is 5.95 Å². The number of anilines is 1. The molecule has 2 aromatic heterocycles. The van der Waals surface area contributed by atoms with Gasteiger partial charge in [-0.2, -0.15) is 4.98 Å². The van der Waals surface area contributed by atoms with Gasteiger partial charge in [0, 0.05) is 28.3 Å². The lowest BCUT2D eigenvalue weighted by Crippen LogP contribution is -2.31. The van der Waals surface area contributed by atoms with Gasteiger partial charge in [-0.05, 0) is 29.9 Å². The Balaban J connectivity index is 1.50. The van der Waals surface area contributed by atoms with Crippen molar-refractivity contribution in [3.63, 3.8) is 0 Å². The molecule has 1 aromatic carbocycles. The predicted molar refractivity (Wildman–Crippen MR) is 108 cm³/mol. The smallest absolute Gasteiger partial charge is 0.227 e. The third kappa shape index (κ3) is 3.11. The molecule has 0 fully saturated rings. The number of hydrogen-bond donors (Lipinski definition) is 1. The molecule has 27 heavy (non-hydrogen) atoms. The van der Waals surface area contributed by atoms with Gasteiger partial charge in [-0.15, -0.1) is 16.4 Å². The summed E-state index contributed by atoms with van der Waals surface area (Å²) in [7, 11) is 0. The highest BCUT2D eigenvalue weighted by molar-refractivity contribution is 7.98. The van der Waals surface area contributed by atoms with E-state index in [1.807, 2.05) is 34.3 Å². The van der Waals surface area contributed by atoms with Crippen LogP contribution in [0.5, 0.6) is 0 Å². The zero-order valence-corrected chi connectivity index (χ0v) is 16.2. The first-order valence-electron chi connectivity index (χ1n) is 8.99. The number of Topliss-reactive ketones (excluding diaryl/α,β-unsaturated/α-hetero) is 1. The van der Waals surface area contributed by atoms with Crippen molar-refractivity contribution in [3.05, 3.63) is 69.6 Å². The molecule has 1 aliphatic carbocycles. The minimum Gasteiger partial charge on any atom is -0.328 e. The number of benzene rings is 1. The number of thioether (sulfide) groups is 1. The van der Waals surface area contributed by atoms with Gasteiger partial charge in [0.05, 0.1) is 0 Å². The Kier molecular flexibility index (Phi) is 4.33. The Morgan fingerprint density at radius 2 is 2.07 bits per heavy atom. The Morgan fingerprint density at radius 1 is 1.19 bits per heavy atom. The standard InChI is InChI=1S/C20H18N4OS2/c25-15-9-4-8-14-17(15)18(16-10-5-11-26-16)24-19(21-14)22-20(23-24)27-12-13-6-2-1-3-7-13/h1-3,5-7,10-11,18H,4,8-9,12H2,(H,21,22,23)/t18-/m0/s1. The van der Waals surface area contributed by atoms with Gasteiger partial charge in [0.15, 0.2) is 5.78 Å². The van der Waals surface area contributed by atoms with Gasteiger partial charge >= 0.3 is 0 Å². The number of thiophene rings is 1. The fourth-order valence-corrected chi connectivity index (χ4v) is 5.23. The largest absolute Gasteiger partial charge is 0.328 e. The molecule has 5 rings (SSSR count). The molecule has 3 aromatic rings. The van der Waals surface area contributed by atoms with Crippen molar-refractivity contribution in [2.24, 2.45) is 0 Å². The summed E-state index contributed by atoms with van der Waals surface area (Å²) >= 11 is 3.28. The lowest BCUT2D eigenvalue weighted by molar-refractivity contribution is -0.116. The highest BCUT2D eigenvalue weighted by Crippen LogP contribution is 2.41. The Labute approximate surface area is 165 Å². The molecule has 1 aliphatic heterocycles. The van der Waals surface area contributed by atoms with Crippen molar-refractivity contribution in [2.75, 3.05) is 5.32 Å². The molecular weight excluding hydrogens is 376 g/mol. The number of carbonyl (C=O) groups is 1. The quantitative estimate of drug-likeness (QED) is 0.653. The normalized spacial score (nSPS) is 18.8. The molecule has 1 atom stereocenters. The topological polar surface area (TPSA) is 59.8 Å². The van der Waals surface area contributed by atoms with E-state index in [1.54, 1.807) is 23.1 Å². The molecule has 3 heterocycles. The summed E-state index contributed by atoms with van der Waals surface area (Å²) in [6, 6.07) is 14.3. The zero-order chi connectivity index (χ0) is 18.2. The molecule has 7 heteroatoms. The van der Waals surface area contributed by atoms with E-state index in [0.717, 1.165) is 45.8 Å². The summed E-state index contributed by atoms with van der Waals surface area (Å²) in [5, 5.41) is 10.9. The second kappa shape index (κ2) is 6.98. The van der Waals surface area contributed by atoms with Crippen molar-refractivity contribution >= 4 is 34.8 Å². The van der Waals surface area contributed by atoms with E-state index in [1.165, 1.54) is 5.56 Å². The zero-order valence-electron chi connectivity index (χ0n) is 14.6. The molecule has 2 aliphatic rings. The van der Waals surface area contributed by atoms with Crippen molar-refractivity contribution in [3.8, 4) is 0 Å². The van der Waals surface area contributed by atoms with Crippen LogP contribution in [0.2, 0.25) is 0 Å². The molecule has 0 saturated heterocycles. The third-order valence-electron chi connectivity index (χ3n) is 4.87. The fraction of sp³-hybridized carbons (Fsp3) is 0.250. The minimum absolute atomic E-state index is 0.164. The molecule has 0 bridgehead atoms. The van der Waals surface area contributed by atoms with Gasteiger partial charge < -0.3 is 5.32 Å². The predicted octanol–water partition coefficient (Wildman–Crippen LogP) is 4.65. The molecule has 136 valence electrons. The summed E-state index contributed by atoms with van der Waals surface area (Å²) < 4.78 is 1.89. The van der Waals surface area contributed by atoms with Gasteiger partial charge in [-0.25, -0.2) is 4.68 Å². The first-order chi connectivity index (χ1) is 13.3. The number of fused-ring (bicyclic) bond motifs is 1. The number of ketones is 1. The number of rotatable bonds is 4. The molecule has 0 spiro atoms. The lowest BCUT2D eigenvalue weighted by Gasteiger charge is -2.31. The van der Waals surface area contributed by atoms with E-state index in [2.05, 4.69) is 23.5 Å². The van der Waals surface area contributed by atoms with Crippen molar-refractivity contribution in [1.82, 2.24) is 14.8 Å². The molecule has 5 nitrogen and oxygen atoms in total. The van der Waals surface area contributed by atoms with Crippen LogP contribution < -0.4 is 5.32 Å². The number of carbonyl (C=O) groups excluding carboxylic acids is 1. The molecule has 1 N–H and O–H groups in total. The molecular formula is C20H18N4OS2. The summed E-state index contributed by atoms with van der Waals surface area (Å²) in [5.41, 5.74) is 3.12. The summed E-state index contributed by atoms with van der Waals surface area (Å²) in [6.07, 6.45) is 2.40. The third-order valence-corrected chi connectivity index (χ3v) is 6.71. The lowest BCUT2D eigenvalue weighted by atomic mass is 9.88. The van der Waals surface area contributed by atoms with Gasteiger partial charge in [0.1, 0.15) is 6.04 Å². The first-order valence-corrected chi connectivity index (χ1v) is 10.9. The Morgan fingerprint density at radius 3 is 2.89 bits per heavy atom. The van der Waals surface area contributed by atoms with E-state index < -0.39 is 0 Å². The van der Waals surface area contributed by atoms with Gasteiger partial charge in [-0.3, -0.25) is 4.79 Å². The van der Waals surface area contributed by atoms with Gasteiger partial charge in [0.2, 0.25) is 11.1 Å². The van der Waals surface area contributed by atoms with Crippen molar-refractivity contribution in [1.29, 1.82) is 0 Å². The first kappa shape index (κ1) is 16.8.